The van der Waals surface area contributed by atoms with Crippen LogP contribution in [0.3, 0.4) is 0 Å². The molecule has 266 valence electrons. The maximum atomic E-state index is 12.9. The average Bonchev–Trinajstić information content (AvgIpc) is 3.93. The maximum Gasteiger partial charge on any atom is 0.309 e. The van der Waals surface area contributed by atoms with E-state index in [9.17, 15) is 9.90 Å². The molecule has 8 fully saturated rings. The second-order valence-electron chi connectivity index (χ2n) is 19.2. The molecule has 2 heterocycles. The minimum absolute atomic E-state index is 0.0195. The van der Waals surface area contributed by atoms with Crippen LogP contribution in [0.25, 0.3) is 0 Å². The number of aliphatic hydroxyl groups is 1. The summed E-state index contributed by atoms with van der Waals surface area (Å²) in [5.74, 6) is 1.79. The number of morpholine rings is 1. The minimum Gasteiger partial charge on any atom is -0.456 e. The Kier molecular flexibility index (Phi) is 7.72. The van der Waals surface area contributed by atoms with Gasteiger partial charge in [-0.05, 0) is 123 Å². The van der Waals surface area contributed by atoms with Gasteiger partial charge < -0.3 is 34.1 Å². The van der Waals surface area contributed by atoms with Gasteiger partial charge in [0, 0.05) is 25.6 Å². The van der Waals surface area contributed by atoms with Crippen molar-refractivity contribution in [1.82, 2.24) is 5.32 Å². The first-order valence-electron chi connectivity index (χ1n) is 19.2. The molecule has 8 unspecified atom stereocenters. The number of hydrogen-bond acceptors (Lipinski definition) is 8. The van der Waals surface area contributed by atoms with Gasteiger partial charge in [-0.3, -0.25) is 4.79 Å². The van der Waals surface area contributed by atoms with E-state index in [2.05, 4.69) is 39.9 Å². The molecule has 6 saturated carbocycles. The summed E-state index contributed by atoms with van der Waals surface area (Å²) in [6.07, 6.45) is 10.2. The number of hydrogen-bond donors (Lipinski definition) is 2. The predicted molar refractivity (Wildman–Crippen MR) is 177 cm³/mol. The van der Waals surface area contributed by atoms with Gasteiger partial charge in [-0.2, -0.15) is 0 Å². The van der Waals surface area contributed by atoms with Crippen molar-refractivity contribution in [2.75, 3.05) is 26.8 Å². The molecule has 2 saturated heterocycles. The molecule has 0 amide bonds. The second-order valence-corrected chi connectivity index (χ2v) is 19.2. The molecule has 2 N–H and O–H groups in total. The lowest BCUT2D eigenvalue weighted by molar-refractivity contribution is -0.238. The summed E-state index contributed by atoms with van der Waals surface area (Å²) in [5, 5.41) is 14.7. The van der Waals surface area contributed by atoms with E-state index in [0.29, 0.717) is 34.5 Å². The van der Waals surface area contributed by atoms with Crippen molar-refractivity contribution in [2.24, 2.45) is 56.7 Å². The number of methoxy groups -OCH3 is 1. The predicted octanol–water partition coefficient (Wildman–Crippen LogP) is 5.88. The number of fused-ring (bicyclic) bond motifs is 4. The fraction of sp³-hybridized carbons (Fsp3) is 0.974. The van der Waals surface area contributed by atoms with Gasteiger partial charge in [-0.25, -0.2) is 0 Å². The lowest BCUT2D eigenvalue weighted by Gasteiger charge is -2.64. The van der Waals surface area contributed by atoms with Crippen LogP contribution < -0.4 is 5.32 Å². The molecule has 14 atom stereocenters. The van der Waals surface area contributed by atoms with Gasteiger partial charge in [-0.15, -0.1) is 0 Å². The van der Waals surface area contributed by atoms with E-state index >= 15 is 0 Å². The van der Waals surface area contributed by atoms with Crippen LogP contribution in [0.4, 0.5) is 0 Å². The van der Waals surface area contributed by atoms with Gasteiger partial charge in [0.2, 0.25) is 0 Å². The molecular formula is C39H63NO7. The molecule has 0 radical (unpaired) electrons. The molecule has 0 aromatic rings. The first-order chi connectivity index (χ1) is 22.1. The monoisotopic (exact) mass is 657 g/mol. The van der Waals surface area contributed by atoms with Crippen LogP contribution in [-0.4, -0.2) is 80.3 Å². The van der Waals surface area contributed by atoms with Gasteiger partial charge in [0.15, 0.2) is 12.4 Å². The van der Waals surface area contributed by atoms with E-state index in [1.165, 1.54) is 38.5 Å². The largest absolute Gasteiger partial charge is 0.456 e. The highest BCUT2D eigenvalue weighted by atomic mass is 16.7. The third-order valence-corrected chi connectivity index (χ3v) is 16.4. The van der Waals surface area contributed by atoms with Crippen LogP contribution >= 0.6 is 0 Å². The molecule has 6 aliphatic carbocycles. The van der Waals surface area contributed by atoms with Crippen LogP contribution in [0.2, 0.25) is 0 Å². The maximum absolute atomic E-state index is 12.9. The molecule has 8 nitrogen and oxygen atoms in total. The Morgan fingerprint density at radius 1 is 1.00 bits per heavy atom. The van der Waals surface area contributed by atoms with Crippen LogP contribution in [-0.2, 0) is 28.5 Å². The van der Waals surface area contributed by atoms with Crippen molar-refractivity contribution in [3.05, 3.63) is 0 Å². The van der Waals surface area contributed by atoms with Gasteiger partial charge in [0.05, 0.1) is 42.5 Å². The summed E-state index contributed by atoms with van der Waals surface area (Å²) in [7, 11) is 1.90. The van der Waals surface area contributed by atoms with Crippen molar-refractivity contribution in [2.45, 2.75) is 155 Å². The summed E-state index contributed by atoms with van der Waals surface area (Å²) in [4.78, 5) is 12.9. The van der Waals surface area contributed by atoms with E-state index in [0.717, 1.165) is 45.4 Å². The van der Waals surface area contributed by atoms with Gasteiger partial charge in [0.25, 0.3) is 0 Å². The van der Waals surface area contributed by atoms with E-state index in [1.54, 1.807) is 13.8 Å². The smallest absolute Gasteiger partial charge is 0.309 e. The van der Waals surface area contributed by atoms with E-state index in [4.69, 9.17) is 23.7 Å². The zero-order valence-electron chi connectivity index (χ0n) is 30.4. The van der Waals surface area contributed by atoms with Crippen molar-refractivity contribution in [3.8, 4) is 0 Å². The summed E-state index contributed by atoms with van der Waals surface area (Å²) in [6, 6.07) is 0. The summed E-state index contributed by atoms with van der Waals surface area (Å²) in [5.41, 5.74) is -0.279. The third kappa shape index (κ3) is 4.55. The molecular weight excluding hydrogens is 594 g/mol. The molecule has 0 bridgehead atoms. The Morgan fingerprint density at radius 3 is 2.38 bits per heavy atom. The fourth-order valence-corrected chi connectivity index (χ4v) is 14.1. The summed E-state index contributed by atoms with van der Waals surface area (Å²) >= 11 is 0. The summed E-state index contributed by atoms with van der Waals surface area (Å²) < 4.78 is 32.6. The van der Waals surface area contributed by atoms with Crippen LogP contribution in [0, 0.1) is 56.7 Å². The van der Waals surface area contributed by atoms with Crippen LogP contribution in [0.15, 0.2) is 0 Å². The summed E-state index contributed by atoms with van der Waals surface area (Å²) in [6.45, 7) is 18.5. The second kappa shape index (κ2) is 10.9. The number of rotatable bonds is 7. The first-order valence-corrected chi connectivity index (χ1v) is 19.2. The third-order valence-electron chi connectivity index (χ3n) is 16.4. The Balaban J connectivity index is 1.07. The average molecular weight is 658 g/mol. The Labute approximate surface area is 283 Å². The normalized spacial score (nSPS) is 52.2. The van der Waals surface area contributed by atoms with Gasteiger partial charge in [-0.1, -0.05) is 34.6 Å². The van der Waals surface area contributed by atoms with Crippen molar-refractivity contribution >= 4 is 5.97 Å². The highest BCUT2D eigenvalue weighted by Gasteiger charge is 2.85. The van der Waals surface area contributed by atoms with E-state index in [-0.39, 0.29) is 58.8 Å². The van der Waals surface area contributed by atoms with Gasteiger partial charge in [0.1, 0.15) is 0 Å². The lowest BCUT2D eigenvalue weighted by atomic mass is 9.41. The van der Waals surface area contributed by atoms with Crippen molar-refractivity contribution in [3.63, 3.8) is 0 Å². The number of ether oxygens (including phenoxy) is 5. The molecule has 8 rings (SSSR count). The lowest BCUT2D eigenvalue weighted by Crippen LogP contribution is -2.60. The molecule has 0 aromatic heterocycles. The highest BCUT2D eigenvalue weighted by Crippen LogP contribution is 2.89. The van der Waals surface area contributed by atoms with Crippen molar-refractivity contribution in [1.29, 1.82) is 0 Å². The molecule has 0 aromatic carbocycles. The molecule has 2 spiro atoms. The number of nitrogens with one attached hydrogen (secondary N) is 1. The quantitative estimate of drug-likeness (QED) is 0.328. The molecule has 8 aliphatic rings. The minimum atomic E-state index is -1.19. The SMILES string of the molecule is CO[C@H]1C2OC(C(OC(=O)C3CC3)C(C)(C)O)C[C@@H](C)[C@@H]2C2(C)CCC34CC35CCC(O[C@H]3CNCCO3)C(C)(C)[C@@H]5CCC4[C@]12C. The Morgan fingerprint density at radius 2 is 1.72 bits per heavy atom. The van der Waals surface area contributed by atoms with Gasteiger partial charge >= 0.3 is 5.97 Å². The van der Waals surface area contributed by atoms with E-state index < -0.39 is 11.7 Å². The highest BCUT2D eigenvalue weighted by molar-refractivity contribution is 5.75. The molecule has 8 heteroatoms. The Hall–Kier alpha value is -0.770. The van der Waals surface area contributed by atoms with Crippen LogP contribution in [0.1, 0.15) is 113 Å². The van der Waals surface area contributed by atoms with Crippen molar-refractivity contribution < 1.29 is 33.6 Å². The molecule has 2 aliphatic heterocycles. The zero-order chi connectivity index (χ0) is 33.4. The van der Waals surface area contributed by atoms with Crippen LogP contribution in [0.5, 0.6) is 0 Å². The number of carbonyl (C=O) groups excluding carboxylic acids is 1. The number of esters is 1. The Bertz CT molecular complexity index is 1240. The topological polar surface area (TPSA) is 95.5 Å². The zero-order valence-corrected chi connectivity index (χ0v) is 30.4. The standard InChI is InChI=1S/C39H63NO7/c1-22-19-24(31(35(4,5)42)47-33(41)23-9-10-23)45-30-29(22)36(6)15-16-39-21-38(39)14-13-27(46-28-20-40-17-18-44-28)34(2,3)25(38)11-12-26(39)37(36,7)32(30)43-8/h22-32,40,42H,9-21H2,1-8H3/t22-,24?,25+,26?,27?,28+,29+,30?,31?,32+,36?,37-,38?,39?/m1/s1. The first kappa shape index (κ1) is 33.4. The molecule has 47 heavy (non-hydrogen) atoms. The van der Waals surface area contributed by atoms with E-state index in [1.807, 2.05) is 7.11 Å². The fourth-order valence-electron chi connectivity index (χ4n) is 14.1. The number of carbonyl (C=O) groups is 1.